The van der Waals surface area contributed by atoms with Crippen LogP contribution in [0.25, 0.3) is 0 Å². The van der Waals surface area contributed by atoms with Crippen LogP contribution in [0.2, 0.25) is 0 Å². The molecule has 0 heterocycles. The monoisotopic (exact) mass is 568 g/mol. The average Bonchev–Trinajstić information content (AvgIpc) is 2.75. The Kier molecular flexibility index (Phi) is 11.4. The normalized spacial score (nSPS) is 12.8. The summed E-state index contributed by atoms with van der Waals surface area (Å²) in [7, 11) is -7.40. The van der Waals surface area contributed by atoms with Gasteiger partial charge in [0, 0.05) is 32.1 Å². The minimum Gasteiger partial charge on any atom is -0.207 e. The van der Waals surface area contributed by atoms with E-state index in [9.17, 15) is 16.8 Å². The summed E-state index contributed by atoms with van der Waals surface area (Å²) in [5.41, 5.74) is 4.96. The van der Waals surface area contributed by atoms with Crippen molar-refractivity contribution in [3.05, 3.63) is 69.8 Å². The summed E-state index contributed by atoms with van der Waals surface area (Å²) in [6.45, 7) is 14.2. The maximum absolute atomic E-state index is 13.7. The van der Waals surface area contributed by atoms with Gasteiger partial charge in [-0.15, -0.1) is 11.6 Å². The van der Waals surface area contributed by atoms with E-state index in [1.165, 1.54) is 8.61 Å². The maximum Gasteiger partial charge on any atom is 0.243 e. The molecular weight excluding hydrogens is 528 g/mol. The number of allylic oxidation sites excluding steroid dienone is 1. The van der Waals surface area contributed by atoms with E-state index < -0.39 is 20.0 Å². The Morgan fingerprint density at radius 3 is 1.43 bits per heavy atom. The molecule has 0 aromatic heterocycles. The predicted octanol–water partition coefficient (Wildman–Crippen LogP) is 5.81. The molecule has 2 rings (SSSR count). The Morgan fingerprint density at radius 1 is 0.676 bits per heavy atom. The van der Waals surface area contributed by atoms with E-state index in [2.05, 4.69) is 0 Å². The third-order valence-electron chi connectivity index (χ3n) is 6.39. The highest BCUT2D eigenvalue weighted by atomic mass is 35.5. The van der Waals surface area contributed by atoms with Gasteiger partial charge >= 0.3 is 0 Å². The van der Waals surface area contributed by atoms with Gasteiger partial charge in [-0.3, -0.25) is 0 Å². The van der Waals surface area contributed by atoms with Crippen LogP contribution in [0.4, 0.5) is 0 Å². The van der Waals surface area contributed by atoms with Crippen molar-refractivity contribution in [3.8, 4) is 0 Å². The first-order chi connectivity index (χ1) is 17.3. The van der Waals surface area contributed by atoms with Gasteiger partial charge in [0.2, 0.25) is 20.0 Å². The van der Waals surface area contributed by atoms with E-state index in [-0.39, 0.29) is 13.1 Å². The van der Waals surface area contributed by atoms with Crippen molar-refractivity contribution in [2.45, 2.75) is 71.1 Å². The van der Waals surface area contributed by atoms with E-state index in [0.29, 0.717) is 41.6 Å². The lowest BCUT2D eigenvalue weighted by molar-refractivity contribution is 0.387. The Labute approximate surface area is 229 Å². The van der Waals surface area contributed by atoms with Gasteiger partial charge in [0.25, 0.3) is 0 Å². The van der Waals surface area contributed by atoms with Crippen LogP contribution >= 0.6 is 11.6 Å². The number of aryl methyl sites for hydroxylation is 6. The first-order valence-electron chi connectivity index (χ1n) is 12.6. The summed E-state index contributed by atoms with van der Waals surface area (Å²) in [5, 5.41) is 0. The second-order valence-corrected chi connectivity index (χ2v) is 13.7. The first kappa shape index (κ1) is 31.5. The molecule has 6 nitrogen and oxygen atoms in total. The third-order valence-corrected chi connectivity index (χ3v) is 11.0. The molecule has 0 unspecified atom stereocenters. The zero-order valence-electron chi connectivity index (χ0n) is 23.1. The van der Waals surface area contributed by atoms with E-state index in [0.717, 1.165) is 33.4 Å². The highest BCUT2D eigenvalue weighted by molar-refractivity contribution is 7.89. The van der Waals surface area contributed by atoms with Crippen LogP contribution in [0.1, 0.15) is 53.1 Å². The van der Waals surface area contributed by atoms with E-state index >= 15 is 0 Å². The molecule has 0 fully saturated rings. The lowest BCUT2D eigenvalue weighted by Crippen LogP contribution is -2.35. The van der Waals surface area contributed by atoms with Gasteiger partial charge in [0.15, 0.2) is 0 Å². The molecule has 206 valence electrons. The van der Waals surface area contributed by atoms with Crippen molar-refractivity contribution in [2.24, 2.45) is 0 Å². The Balaban J connectivity index is 2.22. The minimum atomic E-state index is -3.75. The molecular formula is C28H41ClN2O4S2. The average molecular weight is 569 g/mol. The largest absolute Gasteiger partial charge is 0.243 e. The quantitative estimate of drug-likeness (QED) is 0.173. The summed E-state index contributed by atoms with van der Waals surface area (Å²) >= 11 is 5.77. The van der Waals surface area contributed by atoms with Crippen LogP contribution in [-0.4, -0.2) is 57.5 Å². The van der Waals surface area contributed by atoms with Gasteiger partial charge in [0.1, 0.15) is 0 Å². The predicted molar refractivity (Wildman–Crippen MR) is 154 cm³/mol. The summed E-state index contributed by atoms with van der Waals surface area (Å²) in [4.78, 5) is 0.696. The molecule has 0 bridgehead atoms. The van der Waals surface area contributed by atoms with Crippen molar-refractivity contribution >= 4 is 31.6 Å². The van der Waals surface area contributed by atoms with E-state index in [4.69, 9.17) is 11.6 Å². The maximum atomic E-state index is 13.7. The highest BCUT2D eigenvalue weighted by Gasteiger charge is 2.29. The highest BCUT2D eigenvalue weighted by Crippen LogP contribution is 2.27. The summed E-state index contributed by atoms with van der Waals surface area (Å²) in [5.74, 6) is 0.303. The number of halogens is 1. The van der Waals surface area contributed by atoms with Crippen LogP contribution < -0.4 is 0 Å². The number of hydrogen-bond acceptors (Lipinski definition) is 4. The summed E-state index contributed by atoms with van der Waals surface area (Å²) in [6.07, 6.45) is 4.55. The SMILES string of the molecule is CCN(CCCCN(C/C=C\CCl)S(=O)(=O)c1c(C)cc(C)cc1C)S(=O)(=O)c1c(C)cc(C)cc1C. The number of sulfonamides is 2. The molecule has 0 amide bonds. The number of alkyl halides is 1. The summed E-state index contributed by atoms with van der Waals surface area (Å²) in [6, 6.07) is 7.54. The van der Waals surface area contributed by atoms with Gasteiger partial charge in [-0.05, 0) is 76.6 Å². The van der Waals surface area contributed by atoms with Crippen LogP contribution in [0.5, 0.6) is 0 Å². The smallest absolute Gasteiger partial charge is 0.207 e. The van der Waals surface area contributed by atoms with Crippen LogP contribution in [0.15, 0.2) is 46.2 Å². The number of rotatable bonds is 13. The first-order valence-corrected chi connectivity index (χ1v) is 16.1. The fourth-order valence-corrected chi connectivity index (χ4v) is 8.86. The van der Waals surface area contributed by atoms with Crippen molar-refractivity contribution < 1.29 is 16.8 Å². The van der Waals surface area contributed by atoms with Crippen LogP contribution in [0, 0.1) is 41.5 Å². The zero-order valence-corrected chi connectivity index (χ0v) is 25.5. The Bertz CT molecular complexity index is 1290. The number of nitrogens with zero attached hydrogens (tertiary/aromatic N) is 2. The summed E-state index contributed by atoms with van der Waals surface area (Å²) < 4.78 is 57.2. The number of benzene rings is 2. The lowest BCUT2D eigenvalue weighted by atomic mass is 10.1. The van der Waals surface area contributed by atoms with Crippen molar-refractivity contribution in [2.75, 3.05) is 32.1 Å². The standard InChI is InChI=1S/C28H41ClN2O4S2/c1-8-30(36(32,33)27-23(4)17-21(2)18-24(27)5)14-11-12-16-31(15-10-9-13-29)37(34,35)28-25(6)19-22(3)20-26(28)7/h9-10,17-20H,8,11-16H2,1-7H3/b10-9-. The van der Waals surface area contributed by atoms with Crippen molar-refractivity contribution in [1.29, 1.82) is 0 Å². The molecule has 0 aliphatic carbocycles. The topological polar surface area (TPSA) is 74.8 Å². The molecule has 2 aromatic rings. The molecule has 9 heteroatoms. The van der Waals surface area contributed by atoms with Gasteiger partial charge in [-0.25, -0.2) is 16.8 Å². The van der Waals surface area contributed by atoms with Crippen LogP contribution in [-0.2, 0) is 20.0 Å². The van der Waals surface area contributed by atoms with Crippen molar-refractivity contribution in [3.63, 3.8) is 0 Å². The fraction of sp³-hybridized carbons (Fsp3) is 0.500. The molecule has 0 spiro atoms. The Hall–Kier alpha value is -1.71. The molecule has 2 aromatic carbocycles. The minimum absolute atomic E-state index is 0.208. The second-order valence-electron chi connectivity index (χ2n) is 9.65. The fourth-order valence-electron chi connectivity index (χ4n) is 4.99. The molecule has 0 aliphatic heterocycles. The number of hydrogen-bond donors (Lipinski definition) is 0. The molecule has 37 heavy (non-hydrogen) atoms. The molecule has 0 radical (unpaired) electrons. The molecule has 0 aliphatic rings. The van der Waals surface area contributed by atoms with E-state index in [1.54, 1.807) is 12.2 Å². The Morgan fingerprint density at radius 2 is 1.05 bits per heavy atom. The number of unbranched alkanes of at least 4 members (excludes halogenated alkanes) is 1. The molecule has 0 saturated heterocycles. The van der Waals surface area contributed by atoms with E-state index in [1.807, 2.05) is 72.7 Å². The molecule has 0 saturated carbocycles. The van der Waals surface area contributed by atoms with Gasteiger partial charge in [-0.1, -0.05) is 54.5 Å². The van der Waals surface area contributed by atoms with Gasteiger partial charge in [0.05, 0.1) is 9.79 Å². The zero-order chi connectivity index (χ0) is 28.0. The van der Waals surface area contributed by atoms with Gasteiger partial charge < -0.3 is 0 Å². The molecule has 0 N–H and O–H groups in total. The lowest BCUT2D eigenvalue weighted by Gasteiger charge is -2.25. The van der Waals surface area contributed by atoms with Crippen LogP contribution in [0.3, 0.4) is 0 Å². The second kappa shape index (κ2) is 13.4. The van der Waals surface area contributed by atoms with Crippen molar-refractivity contribution in [1.82, 2.24) is 8.61 Å². The third kappa shape index (κ3) is 7.67. The molecule has 0 atom stereocenters. The van der Waals surface area contributed by atoms with Gasteiger partial charge in [-0.2, -0.15) is 8.61 Å².